The number of furan rings is 1. The van der Waals surface area contributed by atoms with E-state index in [9.17, 15) is 9.59 Å². The van der Waals surface area contributed by atoms with Crippen LogP contribution in [0.3, 0.4) is 0 Å². The molecular formula is C21H26O5. The minimum absolute atomic E-state index is 0.141. The van der Waals surface area contributed by atoms with Crippen molar-refractivity contribution in [2.24, 2.45) is 16.7 Å². The number of carbonyl (C=O) groups is 2. The lowest BCUT2D eigenvalue weighted by Crippen LogP contribution is -2.45. The molecule has 0 aromatic carbocycles. The molecule has 1 aromatic rings. The highest BCUT2D eigenvalue weighted by Crippen LogP contribution is 2.61. The minimum atomic E-state index is -0.622. The van der Waals surface area contributed by atoms with E-state index in [-0.39, 0.29) is 24.0 Å². The van der Waals surface area contributed by atoms with Crippen LogP contribution in [0.15, 0.2) is 34.2 Å². The van der Waals surface area contributed by atoms with Crippen molar-refractivity contribution in [1.82, 2.24) is 0 Å². The van der Waals surface area contributed by atoms with Crippen molar-refractivity contribution in [1.29, 1.82) is 0 Å². The van der Waals surface area contributed by atoms with Crippen LogP contribution in [0.1, 0.15) is 64.0 Å². The van der Waals surface area contributed by atoms with Crippen molar-refractivity contribution in [3.05, 3.63) is 35.3 Å². The quantitative estimate of drug-likeness (QED) is 0.581. The molecule has 4 atom stereocenters. The summed E-state index contributed by atoms with van der Waals surface area (Å²) >= 11 is 0. The molecule has 1 saturated heterocycles. The molecule has 5 heteroatoms. The number of carbonyl (C=O) groups excluding carboxylic acids is 2. The maximum Gasteiger partial charge on any atom is 0.317 e. The zero-order chi connectivity index (χ0) is 18.5. The van der Waals surface area contributed by atoms with Gasteiger partial charge in [-0.25, -0.2) is 0 Å². The number of hydrogen-bond donors (Lipinski definition) is 0. The second-order valence-corrected chi connectivity index (χ2v) is 8.20. The van der Waals surface area contributed by atoms with Gasteiger partial charge < -0.3 is 13.9 Å². The van der Waals surface area contributed by atoms with Gasteiger partial charge in [0.25, 0.3) is 0 Å². The summed E-state index contributed by atoms with van der Waals surface area (Å²) in [6.07, 6.45) is 7.89. The largest absolute Gasteiger partial charge is 0.472 e. The predicted octanol–water partition coefficient (Wildman–Crippen LogP) is 4.34. The summed E-state index contributed by atoms with van der Waals surface area (Å²) in [5.41, 5.74) is 1.93. The van der Waals surface area contributed by atoms with Gasteiger partial charge in [0.1, 0.15) is 6.10 Å². The first-order valence-electron chi connectivity index (χ1n) is 9.48. The fourth-order valence-electron chi connectivity index (χ4n) is 5.47. The summed E-state index contributed by atoms with van der Waals surface area (Å²) < 4.78 is 16.1. The zero-order valence-electron chi connectivity index (χ0n) is 15.7. The number of esters is 2. The molecule has 2 aliphatic carbocycles. The highest BCUT2D eigenvalue weighted by atomic mass is 16.6. The second kappa shape index (κ2) is 6.00. The molecule has 0 N–H and O–H groups in total. The standard InChI is InChI=1S/C21H26O5/c1-13-6-7-15-16(5-4-9-20(15,2)18(22)24-3)21(13)11-17(26-19(21)23)14-8-10-25-12-14/h8,10,12-13,17H,4-7,9,11H2,1-3H3/t13-,17+,20+,21-/m1/s1. The normalized spacial score (nSPS) is 36.8. The maximum atomic E-state index is 13.2. The summed E-state index contributed by atoms with van der Waals surface area (Å²) in [6, 6.07) is 1.86. The molecule has 140 valence electrons. The molecule has 1 aromatic heterocycles. The lowest BCUT2D eigenvalue weighted by molar-refractivity contribution is -0.153. The third-order valence-electron chi connectivity index (χ3n) is 7.01. The molecule has 0 unspecified atom stereocenters. The molecule has 1 aliphatic heterocycles. The van der Waals surface area contributed by atoms with Crippen LogP contribution in [0, 0.1) is 16.7 Å². The van der Waals surface area contributed by atoms with Crippen LogP contribution < -0.4 is 0 Å². The maximum absolute atomic E-state index is 13.2. The van der Waals surface area contributed by atoms with Crippen molar-refractivity contribution < 1.29 is 23.5 Å². The Labute approximate surface area is 153 Å². The number of ether oxygens (including phenoxy) is 2. The highest BCUT2D eigenvalue weighted by Gasteiger charge is 2.60. The first-order valence-corrected chi connectivity index (χ1v) is 9.48. The molecule has 0 bridgehead atoms. The first-order chi connectivity index (χ1) is 12.4. The molecule has 5 nitrogen and oxygen atoms in total. The van der Waals surface area contributed by atoms with Crippen molar-refractivity contribution in [2.45, 2.75) is 58.5 Å². The van der Waals surface area contributed by atoms with Crippen LogP contribution >= 0.6 is 0 Å². The van der Waals surface area contributed by atoms with Crippen molar-refractivity contribution in [3.63, 3.8) is 0 Å². The number of rotatable bonds is 2. The summed E-state index contributed by atoms with van der Waals surface area (Å²) in [5.74, 6) is -0.129. The van der Waals surface area contributed by atoms with Gasteiger partial charge in [0, 0.05) is 12.0 Å². The van der Waals surface area contributed by atoms with Gasteiger partial charge in [0.05, 0.1) is 30.5 Å². The summed E-state index contributed by atoms with van der Waals surface area (Å²) in [4.78, 5) is 25.7. The molecule has 3 aliphatic rings. The van der Waals surface area contributed by atoms with Gasteiger partial charge in [-0.3, -0.25) is 9.59 Å². The van der Waals surface area contributed by atoms with Gasteiger partial charge in [-0.1, -0.05) is 18.1 Å². The van der Waals surface area contributed by atoms with E-state index in [1.54, 1.807) is 12.5 Å². The van der Waals surface area contributed by atoms with Crippen molar-refractivity contribution in [2.75, 3.05) is 7.11 Å². The Bertz CT molecular complexity index is 761. The van der Waals surface area contributed by atoms with E-state index in [2.05, 4.69) is 6.92 Å². The molecule has 2 heterocycles. The number of hydrogen-bond acceptors (Lipinski definition) is 5. The molecule has 0 radical (unpaired) electrons. The first kappa shape index (κ1) is 17.4. The van der Waals surface area contributed by atoms with E-state index in [0.29, 0.717) is 6.42 Å². The van der Waals surface area contributed by atoms with Crippen LogP contribution in [-0.4, -0.2) is 19.0 Å². The third-order valence-corrected chi connectivity index (χ3v) is 7.01. The summed E-state index contributed by atoms with van der Waals surface area (Å²) in [7, 11) is 1.45. The van der Waals surface area contributed by atoms with Gasteiger partial charge >= 0.3 is 11.9 Å². The van der Waals surface area contributed by atoms with Gasteiger partial charge in [-0.2, -0.15) is 0 Å². The zero-order valence-corrected chi connectivity index (χ0v) is 15.7. The minimum Gasteiger partial charge on any atom is -0.472 e. The average Bonchev–Trinajstić information content (AvgIpc) is 3.27. The van der Waals surface area contributed by atoms with Crippen LogP contribution in [0.5, 0.6) is 0 Å². The fraction of sp³-hybridized carbons (Fsp3) is 0.619. The Balaban J connectivity index is 1.81. The third kappa shape index (κ3) is 2.22. The lowest BCUT2D eigenvalue weighted by atomic mass is 9.54. The van der Waals surface area contributed by atoms with Crippen molar-refractivity contribution in [3.8, 4) is 0 Å². The topological polar surface area (TPSA) is 65.7 Å². The molecule has 0 amide bonds. The van der Waals surface area contributed by atoms with E-state index in [4.69, 9.17) is 13.9 Å². The Hall–Kier alpha value is -2.04. The molecule has 26 heavy (non-hydrogen) atoms. The Morgan fingerprint density at radius 1 is 1.31 bits per heavy atom. The molecule has 1 spiro atoms. The van der Waals surface area contributed by atoms with E-state index in [0.717, 1.165) is 48.8 Å². The van der Waals surface area contributed by atoms with Crippen molar-refractivity contribution >= 4 is 11.9 Å². The Morgan fingerprint density at radius 3 is 2.81 bits per heavy atom. The van der Waals surface area contributed by atoms with Gasteiger partial charge in [0.2, 0.25) is 0 Å². The number of fused-ring (bicyclic) bond motifs is 1. The van der Waals surface area contributed by atoms with Crippen LogP contribution in [-0.2, 0) is 19.1 Å². The van der Waals surface area contributed by atoms with Crippen LogP contribution in [0.2, 0.25) is 0 Å². The Morgan fingerprint density at radius 2 is 2.12 bits per heavy atom. The number of cyclic esters (lactones) is 1. The van der Waals surface area contributed by atoms with Gasteiger partial charge in [-0.05, 0) is 51.0 Å². The monoisotopic (exact) mass is 358 g/mol. The van der Waals surface area contributed by atoms with Crippen LogP contribution in [0.25, 0.3) is 0 Å². The fourth-order valence-corrected chi connectivity index (χ4v) is 5.47. The van der Waals surface area contributed by atoms with Gasteiger partial charge in [0.15, 0.2) is 0 Å². The second-order valence-electron chi connectivity index (χ2n) is 8.20. The van der Waals surface area contributed by atoms with E-state index in [1.807, 2.05) is 13.0 Å². The highest BCUT2D eigenvalue weighted by molar-refractivity contribution is 5.86. The van der Waals surface area contributed by atoms with E-state index < -0.39 is 10.8 Å². The SMILES string of the molecule is COC(=O)[C@@]1(C)CCCC2=C1CC[C@@H](C)[C@]21C[C@@H](c2ccoc2)OC1=O. The van der Waals surface area contributed by atoms with Gasteiger partial charge in [-0.15, -0.1) is 0 Å². The Kier molecular flexibility index (Phi) is 4.01. The molecular weight excluding hydrogens is 332 g/mol. The summed E-state index contributed by atoms with van der Waals surface area (Å²) in [5, 5.41) is 0. The predicted molar refractivity (Wildman–Crippen MR) is 94.0 cm³/mol. The number of methoxy groups -OCH3 is 1. The van der Waals surface area contributed by atoms with E-state index in [1.165, 1.54) is 7.11 Å². The molecule has 1 fully saturated rings. The molecule has 0 saturated carbocycles. The smallest absolute Gasteiger partial charge is 0.317 e. The molecule has 4 rings (SSSR count). The van der Waals surface area contributed by atoms with Crippen LogP contribution in [0.4, 0.5) is 0 Å². The average molecular weight is 358 g/mol. The summed E-state index contributed by atoms with van der Waals surface area (Å²) in [6.45, 7) is 4.12. The van der Waals surface area contributed by atoms with E-state index >= 15 is 0 Å². The lowest BCUT2D eigenvalue weighted by Gasteiger charge is -2.47.